The quantitative estimate of drug-likeness (QED) is 0.791. The molecule has 2 rings (SSSR count). The third-order valence-corrected chi connectivity index (χ3v) is 5.19. The molecule has 1 saturated carbocycles. The van der Waals surface area contributed by atoms with Crippen LogP contribution in [-0.4, -0.2) is 47.6 Å². The molecule has 4 nitrogen and oxygen atoms in total. The summed E-state index contributed by atoms with van der Waals surface area (Å²) in [5, 5.41) is 12.4. The number of nitrogens with one attached hydrogen (secondary N) is 1. The third-order valence-electron chi connectivity index (χ3n) is 5.19. The second kappa shape index (κ2) is 8.47. The molecule has 0 bridgehead atoms. The van der Waals surface area contributed by atoms with Gasteiger partial charge in [-0.05, 0) is 58.3 Å². The highest BCUT2D eigenvalue weighted by atomic mass is 16.5. The minimum Gasteiger partial charge on any atom is -0.389 e. The highest BCUT2D eigenvalue weighted by Gasteiger charge is 2.25. The molecule has 4 heteroatoms. The first kappa shape index (κ1) is 17.2. The topological polar surface area (TPSA) is 44.7 Å². The number of aliphatic hydroxyl groups is 1. The number of ether oxygens (including phenoxy) is 1. The summed E-state index contributed by atoms with van der Waals surface area (Å²) in [6.45, 7) is 7.89. The van der Waals surface area contributed by atoms with E-state index in [9.17, 15) is 5.11 Å². The van der Waals surface area contributed by atoms with Crippen LogP contribution in [0.15, 0.2) is 0 Å². The van der Waals surface area contributed by atoms with E-state index in [0.717, 1.165) is 18.8 Å². The minimum absolute atomic E-state index is 0.365. The van der Waals surface area contributed by atoms with Crippen LogP contribution in [0.25, 0.3) is 0 Å². The Labute approximate surface area is 130 Å². The van der Waals surface area contributed by atoms with Gasteiger partial charge in [-0.2, -0.15) is 0 Å². The Kier molecular flexibility index (Phi) is 6.93. The molecule has 1 aliphatic carbocycles. The van der Waals surface area contributed by atoms with E-state index in [4.69, 9.17) is 4.74 Å². The molecule has 0 aromatic heterocycles. The molecule has 1 heterocycles. The third kappa shape index (κ3) is 5.51. The molecule has 0 spiro atoms. The molecule has 1 aliphatic heterocycles. The lowest BCUT2D eigenvalue weighted by molar-refractivity contribution is -0.0405. The summed E-state index contributed by atoms with van der Waals surface area (Å²) in [5.41, 5.74) is 3.42. The number of rotatable bonds is 6. The number of nitrogens with zero attached hydrogens (tertiary/aromatic N) is 1. The van der Waals surface area contributed by atoms with Gasteiger partial charge >= 0.3 is 0 Å². The molecule has 3 unspecified atom stereocenters. The predicted octanol–water partition coefficient (Wildman–Crippen LogP) is 2.71. The second-order valence-corrected chi connectivity index (χ2v) is 7.27. The summed E-state index contributed by atoms with van der Waals surface area (Å²) >= 11 is 0. The number of hydrazine groups is 1. The van der Waals surface area contributed by atoms with Crippen molar-refractivity contribution >= 4 is 0 Å². The maximum Gasteiger partial charge on any atom is 0.0911 e. The molecule has 0 radical (unpaired) electrons. The molecule has 21 heavy (non-hydrogen) atoms. The fourth-order valence-corrected chi connectivity index (χ4v) is 3.65. The lowest BCUT2D eigenvalue weighted by Crippen LogP contribution is -2.54. The first-order valence-electron chi connectivity index (χ1n) is 8.87. The van der Waals surface area contributed by atoms with Crippen molar-refractivity contribution in [3.8, 4) is 0 Å². The maximum atomic E-state index is 10.1. The van der Waals surface area contributed by atoms with Crippen LogP contribution in [0.1, 0.15) is 65.7 Å². The van der Waals surface area contributed by atoms with Crippen LogP contribution in [0.2, 0.25) is 0 Å². The van der Waals surface area contributed by atoms with Crippen molar-refractivity contribution < 1.29 is 9.84 Å². The van der Waals surface area contributed by atoms with Gasteiger partial charge in [0, 0.05) is 18.6 Å². The van der Waals surface area contributed by atoms with Gasteiger partial charge in [-0.25, -0.2) is 5.01 Å². The van der Waals surface area contributed by atoms with E-state index in [0.29, 0.717) is 31.3 Å². The van der Waals surface area contributed by atoms with E-state index in [1.807, 2.05) is 0 Å². The number of piperidine rings is 1. The monoisotopic (exact) mass is 298 g/mol. The lowest BCUT2D eigenvalue weighted by atomic mass is 9.89. The van der Waals surface area contributed by atoms with E-state index in [2.05, 4.69) is 31.2 Å². The Morgan fingerprint density at radius 2 is 1.67 bits per heavy atom. The van der Waals surface area contributed by atoms with Gasteiger partial charge in [0.15, 0.2) is 0 Å². The number of hydrogen-bond donors (Lipinski definition) is 2. The maximum absolute atomic E-state index is 10.1. The van der Waals surface area contributed by atoms with Crippen molar-refractivity contribution in [3.05, 3.63) is 0 Å². The van der Waals surface area contributed by atoms with Crippen LogP contribution in [0, 0.1) is 5.92 Å². The summed E-state index contributed by atoms with van der Waals surface area (Å²) < 4.78 is 5.88. The molecule has 2 aliphatic rings. The zero-order valence-electron chi connectivity index (χ0n) is 14.1. The fraction of sp³-hybridized carbons (Fsp3) is 1.00. The van der Waals surface area contributed by atoms with E-state index in [1.54, 1.807) is 0 Å². The molecule has 2 fully saturated rings. The fourth-order valence-electron chi connectivity index (χ4n) is 3.65. The Morgan fingerprint density at radius 1 is 1.05 bits per heavy atom. The molecule has 0 amide bonds. The van der Waals surface area contributed by atoms with Crippen LogP contribution in [0.5, 0.6) is 0 Å². The molecule has 0 aromatic carbocycles. The molecule has 1 saturated heterocycles. The highest BCUT2D eigenvalue weighted by Crippen LogP contribution is 2.25. The largest absolute Gasteiger partial charge is 0.389 e. The first-order chi connectivity index (χ1) is 10.1. The number of hydrogen-bond acceptors (Lipinski definition) is 4. The first-order valence-corrected chi connectivity index (χ1v) is 8.87. The molecule has 124 valence electrons. The molecule has 2 N–H and O–H groups in total. The van der Waals surface area contributed by atoms with Crippen LogP contribution in [0.4, 0.5) is 0 Å². The normalized spacial score (nSPS) is 36.6. The van der Waals surface area contributed by atoms with Crippen LogP contribution >= 0.6 is 0 Å². The summed E-state index contributed by atoms with van der Waals surface area (Å²) in [6.07, 6.45) is 8.59. The molecular formula is C17H34N2O2. The summed E-state index contributed by atoms with van der Waals surface area (Å²) in [4.78, 5) is 0. The average molecular weight is 298 g/mol. The van der Waals surface area contributed by atoms with Gasteiger partial charge < -0.3 is 9.84 Å². The molecular weight excluding hydrogens is 264 g/mol. The predicted molar refractivity (Wildman–Crippen MR) is 86.0 cm³/mol. The van der Waals surface area contributed by atoms with Crippen molar-refractivity contribution in [3.63, 3.8) is 0 Å². The van der Waals surface area contributed by atoms with E-state index < -0.39 is 6.10 Å². The van der Waals surface area contributed by atoms with Crippen molar-refractivity contribution in [1.29, 1.82) is 0 Å². The highest BCUT2D eigenvalue weighted by molar-refractivity contribution is 4.77. The second-order valence-electron chi connectivity index (χ2n) is 7.27. The van der Waals surface area contributed by atoms with Gasteiger partial charge in [-0.3, -0.25) is 5.43 Å². The van der Waals surface area contributed by atoms with E-state index in [-0.39, 0.29) is 0 Å². The van der Waals surface area contributed by atoms with Crippen molar-refractivity contribution in [2.75, 3.05) is 13.2 Å². The Balaban J connectivity index is 1.61. The van der Waals surface area contributed by atoms with Gasteiger partial charge in [-0.1, -0.05) is 13.3 Å². The van der Waals surface area contributed by atoms with Crippen molar-refractivity contribution in [2.45, 2.75) is 90.0 Å². The van der Waals surface area contributed by atoms with Gasteiger partial charge in [0.05, 0.1) is 18.8 Å². The Morgan fingerprint density at radius 3 is 2.29 bits per heavy atom. The molecule has 0 aromatic rings. The molecule has 3 atom stereocenters. The summed E-state index contributed by atoms with van der Waals surface area (Å²) in [7, 11) is 0. The SMILES string of the molecule is CC1CCC(OCC(O)CNN2C(C)CCCC2C)CC1. The average Bonchev–Trinajstić information content (AvgIpc) is 2.46. The van der Waals surface area contributed by atoms with Crippen LogP contribution < -0.4 is 5.43 Å². The minimum atomic E-state index is -0.411. The van der Waals surface area contributed by atoms with Crippen molar-refractivity contribution in [1.82, 2.24) is 10.4 Å². The van der Waals surface area contributed by atoms with E-state index >= 15 is 0 Å². The van der Waals surface area contributed by atoms with Crippen molar-refractivity contribution in [2.24, 2.45) is 5.92 Å². The summed E-state index contributed by atoms with van der Waals surface area (Å²) in [6, 6.07) is 1.11. The zero-order chi connectivity index (χ0) is 15.2. The Bertz CT molecular complexity index is 283. The Hall–Kier alpha value is -0.160. The zero-order valence-corrected chi connectivity index (χ0v) is 14.1. The standard InChI is InChI=1S/C17H34N2O2/c1-13-7-9-17(10-8-13)21-12-16(20)11-18-19-14(2)5-4-6-15(19)3/h13-18,20H,4-12H2,1-3H3. The smallest absolute Gasteiger partial charge is 0.0911 e. The van der Waals surface area contributed by atoms with Crippen LogP contribution in [-0.2, 0) is 4.74 Å². The number of aliphatic hydroxyl groups excluding tert-OH is 1. The van der Waals surface area contributed by atoms with E-state index in [1.165, 1.54) is 32.1 Å². The van der Waals surface area contributed by atoms with Gasteiger partial charge in [-0.15, -0.1) is 0 Å². The lowest BCUT2D eigenvalue weighted by Gasteiger charge is -2.39. The van der Waals surface area contributed by atoms with Gasteiger partial charge in [0.2, 0.25) is 0 Å². The summed E-state index contributed by atoms with van der Waals surface area (Å²) in [5.74, 6) is 0.846. The van der Waals surface area contributed by atoms with Crippen LogP contribution in [0.3, 0.4) is 0 Å². The van der Waals surface area contributed by atoms with Gasteiger partial charge in [0.25, 0.3) is 0 Å². The van der Waals surface area contributed by atoms with Gasteiger partial charge in [0.1, 0.15) is 0 Å².